The standard InChI is InChI=1S/C64H118O6/c1-4-7-10-13-16-19-22-24-25-26-27-28-29-30-31-32-33-34-35-36-37-38-39-41-42-45-48-51-54-57-63(66)69-60-61(59-68-62(65)56-53-50-47-44-21-18-15-12-9-6-3)70-64(67)58-55-52-49-46-43-40-23-20-17-14-11-8-5-2/h12,15,20,23,26-27,61H,4-11,13-14,16-19,21-22,24-25,28-60H2,1-3H3/b15-12-,23-20-,27-26-. The number of hydrogen-bond donors (Lipinski definition) is 0. The van der Waals surface area contributed by atoms with Crippen molar-refractivity contribution in [2.24, 2.45) is 0 Å². The van der Waals surface area contributed by atoms with Crippen molar-refractivity contribution < 1.29 is 28.6 Å². The predicted octanol–water partition coefficient (Wildman–Crippen LogP) is 20.8. The van der Waals surface area contributed by atoms with Gasteiger partial charge < -0.3 is 14.2 Å². The molecule has 0 aliphatic heterocycles. The van der Waals surface area contributed by atoms with Crippen molar-refractivity contribution in [2.45, 2.75) is 341 Å². The molecule has 6 nitrogen and oxygen atoms in total. The second kappa shape index (κ2) is 59.2. The van der Waals surface area contributed by atoms with Crippen LogP contribution in [-0.2, 0) is 28.6 Å². The number of ether oxygens (including phenoxy) is 3. The zero-order valence-electron chi connectivity index (χ0n) is 47.1. The first-order chi connectivity index (χ1) is 34.5. The van der Waals surface area contributed by atoms with Crippen LogP contribution >= 0.6 is 0 Å². The minimum atomic E-state index is -0.776. The predicted molar refractivity (Wildman–Crippen MR) is 302 cm³/mol. The Hall–Kier alpha value is -2.37. The number of esters is 3. The third kappa shape index (κ3) is 56.5. The Labute approximate surface area is 435 Å². The molecule has 0 bridgehead atoms. The number of carbonyl (C=O) groups is 3. The summed E-state index contributed by atoms with van der Waals surface area (Å²) < 4.78 is 16.8. The van der Waals surface area contributed by atoms with Crippen molar-refractivity contribution in [3.63, 3.8) is 0 Å². The molecule has 0 heterocycles. The average Bonchev–Trinajstić information content (AvgIpc) is 3.36. The molecule has 0 aliphatic rings. The van der Waals surface area contributed by atoms with E-state index in [0.29, 0.717) is 19.3 Å². The van der Waals surface area contributed by atoms with E-state index in [1.54, 1.807) is 0 Å². The molecule has 0 spiro atoms. The Bertz CT molecular complexity index is 1170. The van der Waals surface area contributed by atoms with Crippen LogP contribution in [0.3, 0.4) is 0 Å². The molecule has 0 aromatic carbocycles. The summed E-state index contributed by atoms with van der Waals surface area (Å²) in [5.41, 5.74) is 0. The van der Waals surface area contributed by atoms with E-state index in [2.05, 4.69) is 57.2 Å². The summed E-state index contributed by atoms with van der Waals surface area (Å²) >= 11 is 0. The summed E-state index contributed by atoms with van der Waals surface area (Å²) in [7, 11) is 0. The van der Waals surface area contributed by atoms with Crippen LogP contribution in [0.25, 0.3) is 0 Å². The molecule has 70 heavy (non-hydrogen) atoms. The van der Waals surface area contributed by atoms with E-state index in [-0.39, 0.29) is 31.1 Å². The molecule has 410 valence electrons. The van der Waals surface area contributed by atoms with Gasteiger partial charge in [0.2, 0.25) is 0 Å². The molecule has 1 unspecified atom stereocenters. The van der Waals surface area contributed by atoms with Crippen LogP contribution < -0.4 is 0 Å². The van der Waals surface area contributed by atoms with E-state index in [9.17, 15) is 14.4 Å². The molecule has 6 heteroatoms. The third-order valence-corrected chi connectivity index (χ3v) is 13.8. The Morgan fingerprint density at radius 2 is 0.500 bits per heavy atom. The zero-order chi connectivity index (χ0) is 50.7. The van der Waals surface area contributed by atoms with Gasteiger partial charge in [0.05, 0.1) is 0 Å². The van der Waals surface area contributed by atoms with Gasteiger partial charge >= 0.3 is 17.9 Å². The number of allylic oxidation sites excluding steroid dienone is 6. The van der Waals surface area contributed by atoms with Crippen LogP contribution in [0.5, 0.6) is 0 Å². The fourth-order valence-corrected chi connectivity index (χ4v) is 9.14. The molecule has 0 saturated heterocycles. The van der Waals surface area contributed by atoms with Gasteiger partial charge in [0.25, 0.3) is 0 Å². The van der Waals surface area contributed by atoms with E-state index in [1.165, 1.54) is 218 Å². The Morgan fingerprint density at radius 3 is 0.786 bits per heavy atom. The summed E-state index contributed by atoms with van der Waals surface area (Å²) in [6.45, 7) is 6.59. The number of hydrogen-bond acceptors (Lipinski definition) is 6. The topological polar surface area (TPSA) is 78.9 Å². The fourth-order valence-electron chi connectivity index (χ4n) is 9.14. The molecule has 0 aliphatic carbocycles. The van der Waals surface area contributed by atoms with E-state index in [0.717, 1.165) is 77.0 Å². The van der Waals surface area contributed by atoms with Crippen LogP contribution in [0.15, 0.2) is 36.5 Å². The molecule has 1 atom stereocenters. The summed E-state index contributed by atoms with van der Waals surface area (Å²) in [5.74, 6) is -0.880. The maximum absolute atomic E-state index is 12.8. The molecule has 0 aromatic heterocycles. The molecule has 0 amide bonds. The molecule has 0 fully saturated rings. The van der Waals surface area contributed by atoms with Crippen molar-refractivity contribution in [2.75, 3.05) is 13.2 Å². The normalized spacial score (nSPS) is 12.2. The average molecular weight is 984 g/mol. The zero-order valence-corrected chi connectivity index (χ0v) is 47.1. The third-order valence-electron chi connectivity index (χ3n) is 13.8. The quantitative estimate of drug-likeness (QED) is 0.0261. The number of carbonyl (C=O) groups excluding carboxylic acids is 3. The molecule has 0 aromatic rings. The van der Waals surface area contributed by atoms with Gasteiger partial charge in [0.15, 0.2) is 6.10 Å². The Morgan fingerprint density at radius 1 is 0.271 bits per heavy atom. The molecule has 0 N–H and O–H groups in total. The first-order valence-corrected chi connectivity index (χ1v) is 31.0. The van der Waals surface area contributed by atoms with Gasteiger partial charge in [-0.1, -0.05) is 263 Å². The second-order valence-electron chi connectivity index (χ2n) is 21.0. The first kappa shape index (κ1) is 67.6. The summed E-state index contributed by atoms with van der Waals surface area (Å²) in [6, 6.07) is 0. The molecular weight excluding hydrogens is 865 g/mol. The SMILES string of the molecule is CCC/C=C\CCCCCCCC(=O)OCC(COC(=O)CCCCCCCCCCCCCCCCCCC/C=C\CCCCCCCCCC)OC(=O)CCCCCCC/C=C\CCCCCC. The minimum absolute atomic E-state index is 0.0750. The molecule has 0 rings (SSSR count). The van der Waals surface area contributed by atoms with Crippen molar-refractivity contribution in [1.29, 1.82) is 0 Å². The van der Waals surface area contributed by atoms with E-state index < -0.39 is 6.10 Å². The highest BCUT2D eigenvalue weighted by atomic mass is 16.6. The van der Waals surface area contributed by atoms with Gasteiger partial charge in [0, 0.05) is 19.3 Å². The molecule has 0 radical (unpaired) electrons. The van der Waals surface area contributed by atoms with Gasteiger partial charge in [-0.05, 0) is 89.9 Å². The number of rotatable bonds is 57. The van der Waals surface area contributed by atoms with E-state index in [4.69, 9.17) is 14.2 Å². The second-order valence-corrected chi connectivity index (χ2v) is 21.0. The van der Waals surface area contributed by atoms with Crippen LogP contribution in [0.4, 0.5) is 0 Å². The van der Waals surface area contributed by atoms with E-state index >= 15 is 0 Å². The van der Waals surface area contributed by atoms with Crippen molar-refractivity contribution in [3.05, 3.63) is 36.5 Å². The maximum Gasteiger partial charge on any atom is 0.306 e. The van der Waals surface area contributed by atoms with Crippen molar-refractivity contribution in [3.8, 4) is 0 Å². The smallest absolute Gasteiger partial charge is 0.306 e. The van der Waals surface area contributed by atoms with Crippen molar-refractivity contribution >= 4 is 17.9 Å². The van der Waals surface area contributed by atoms with Crippen LogP contribution in [0.1, 0.15) is 335 Å². The lowest BCUT2D eigenvalue weighted by Crippen LogP contribution is -2.30. The highest BCUT2D eigenvalue weighted by molar-refractivity contribution is 5.71. The summed E-state index contributed by atoms with van der Waals surface area (Å²) in [6.07, 6.45) is 71.7. The summed E-state index contributed by atoms with van der Waals surface area (Å²) in [4.78, 5) is 38.1. The largest absolute Gasteiger partial charge is 0.462 e. The van der Waals surface area contributed by atoms with E-state index in [1.807, 2.05) is 0 Å². The monoisotopic (exact) mass is 983 g/mol. The highest BCUT2D eigenvalue weighted by Gasteiger charge is 2.19. The first-order valence-electron chi connectivity index (χ1n) is 31.0. The lowest BCUT2D eigenvalue weighted by molar-refractivity contribution is -0.167. The lowest BCUT2D eigenvalue weighted by atomic mass is 10.0. The van der Waals surface area contributed by atoms with Gasteiger partial charge in [-0.2, -0.15) is 0 Å². The lowest BCUT2D eigenvalue weighted by Gasteiger charge is -2.18. The Kier molecular flexibility index (Phi) is 57.2. The van der Waals surface area contributed by atoms with Gasteiger partial charge in [-0.25, -0.2) is 0 Å². The van der Waals surface area contributed by atoms with Gasteiger partial charge in [-0.3, -0.25) is 14.4 Å². The van der Waals surface area contributed by atoms with Crippen LogP contribution in [-0.4, -0.2) is 37.2 Å². The minimum Gasteiger partial charge on any atom is -0.462 e. The van der Waals surface area contributed by atoms with Gasteiger partial charge in [0.1, 0.15) is 13.2 Å². The van der Waals surface area contributed by atoms with Crippen LogP contribution in [0.2, 0.25) is 0 Å². The highest BCUT2D eigenvalue weighted by Crippen LogP contribution is 2.17. The molecule has 0 saturated carbocycles. The van der Waals surface area contributed by atoms with Crippen LogP contribution in [0, 0.1) is 0 Å². The van der Waals surface area contributed by atoms with Crippen molar-refractivity contribution in [1.82, 2.24) is 0 Å². The fraction of sp³-hybridized carbons (Fsp3) is 0.859. The Balaban J connectivity index is 4.08. The number of unbranched alkanes of at least 4 members (excludes halogenated alkanes) is 40. The maximum atomic E-state index is 12.8. The van der Waals surface area contributed by atoms with Gasteiger partial charge in [-0.15, -0.1) is 0 Å². The molecular formula is C64H118O6. The summed E-state index contributed by atoms with van der Waals surface area (Å²) in [5, 5.41) is 0.